The van der Waals surface area contributed by atoms with Gasteiger partial charge in [-0.1, -0.05) is 36.4 Å². The molecule has 0 unspecified atom stereocenters. The average molecular weight is 309 g/mol. The van der Waals surface area contributed by atoms with Crippen molar-refractivity contribution in [1.82, 2.24) is 4.72 Å². The molecule has 0 aliphatic carbocycles. The average Bonchev–Trinajstić information content (AvgIpc) is 2.47. The summed E-state index contributed by atoms with van der Waals surface area (Å²) in [6.45, 7) is -0.0308. The maximum absolute atomic E-state index is 13.4. The molecule has 0 saturated heterocycles. The molecule has 0 radical (unpaired) electrons. The first-order valence-corrected chi connectivity index (χ1v) is 8.11. The van der Waals surface area contributed by atoms with Crippen LogP contribution in [0.5, 0.6) is 5.75 Å². The second-order valence-electron chi connectivity index (χ2n) is 4.39. The van der Waals surface area contributed by atoms with Gasteiger partial charge in [0.2, 0.25) is 10.0 Å². The summed E-state index contributed by atoms with van der Waals surface area (Å²) < 4.78 is 44.6. The Kier molecular flexibility index (Phi) is 5.30. The summed E-state index contributed by atoms with van der Waals surface area (Å²) in [7, 11) is -3.51. The summed E-state index contributed by atoms with van der Waals surface area (Å²) in [5.41, 5.74) is 0.310. The molecular formula is C15H16FNO3S. The number of hydrogen-bond acceptors (Lipinski definition) is 3. The van der Waals surface area contributed by atoms with Crippen LogP contribution in [0, 0.1) is 5.82 Å². The maximum Gasteiger partial charge on any atom is 0.215 e. The molecule has 0 bridgehead atoms. The van der Waals surface area contributed by atoms with Gasteiger partial charge in [-0.2, -0.15) is 0 Å². The summed E-state index contributed by atoms with van der Waals surface area (Å²) in [4.78, 5) is 0. The molecule has 21 heavy (non-hydrogen) atoms. The van der Waals surface area contributed by atoms with Crippen molar-refractivity contribution in [3.8, 4) is 5.75 Å². The predicted molar refractivity (Wildman–Crippen MR) is 79.0 cm³/mol. The van der Waals surface area contributed by atoms with Crippen LogP contribution in [-0.2, 0) is 16.6 Å². The van der Waals surface area contributed by atoms with Gasteiger partial charge in [0, 0.05) is 12.1 Å². The minimum Gasteiger partial charge on any atom is -0.492 e. The Morgan fingerprint density at radius 3 is 2.38 bits per heavy atom. The van der Waals surface area contributed by atoms with E-state index in [1.54, 1.807) is 42.5 Å². The van der Waals surface area contributed by atoms with Crippen molar-refractivity contribution in [3.63, 3.8) is 0 Å². The fourth-order valence-electron chi connectivity index (χ4n) is 1.69. The first-order chi connectivity index (χ1) is 10.1. The van der Waals surface area contributed by atoms with Crippen molar-refractivity contribution < 1.29 is 17.5 Å². The van der Waals surface area contributed by atoms with E-state index >= 15 is 0 Å². The Bertz CT molecular complexity index is 674. The molecule has 0 aliphatic rings. The number of nitrogens with one attached hydrogen (secondary N) is 1. The van der Waals surface area contributed by atoms with Gasteiger partial charge in [-0.3, -0.25) is 0 Å². The lowest BCUT2D eigenvalue weighted by molar-refractivity contribution is 0.340. The Balaban J connectivity index is 1.81. The number of rotatable bonds is 7. The second-order valence-corrected chi connectivity index (χ2v) is 6.32. The van der Waals surface area contributed by atoms with Gasteiger partial charge in [0.05, 0.1) is 5.75 Å². The highest BCUT2D eigenvalue weighted by Crippen LogP contribution is 2.09. The summed E-state index contributed by atoms with van der Waals surface area (Å²) in [5, 5.41) is 0. The number of ether oxygens (including phenoxy) is 1. The van der Waals surface area contributed by atoms with E-state index in [2.05, 4.69) is 4.72 Å². The van der Waals surface area contributed by atoms with Gasteiger partial charge in [-0.05, 0) is 18.2 Å². The zero-order valence-corrected chi connectivity index (χ0v) is 12.1. The number of halogens is 1. The number of benzene rings is 2. The van der Waals surface area contributed by atoms with Crippen molar-refractivity contribution in [1.29, 1.82) is 0 Å². The largest absolute Gasteiger partial charge is 0.492 e. The molecule has 0 amide bonds. The molecule has 1 N–H and O–H groups in total. The molecule has 4 nitrogen and oxygen atoms in total. The third kappa shape index (κ3) is 5.17. The fourth-order valence-corrected chi connectivity index (χ4v) is 2.51. The van der Waals surface area contributed by atoms with Crippen LogP contribution in [0.3, 0.4) is 0 Å². The van der Waals surface area contributed by atoms with Gasteiger partial charge in [-0.15, -0.1) is 0 Å². The summed E-state index contributed by atoms with van der Waals surface area (Å²) in [6.07, 6.45) is 0. The van der Waals surface area contributed by atoms with E-state index in [9.17, 15) is 12.8 Å². The van der Waals surface area contributed by atoms with E-state index in [-0.39, 0.29) is 18.9 Å². The molecule has 0 saturated carbocycles. The molecule has 0 atom stereocenters. The van der Waals surface area contributed by atoms with E-state index in [4.69, 9.17) is 4.74 Å². The molecule has 2 aromatic rings. The molecule has 112 valence electrons. The molecule has 2 aromatic carbocycles. The molecule has 0 fully saturated rings. The summed E-state index contributed by atoms with van der Waals surface area (Å²) in [6, 6.07) is 15.0. The highest BCUT2D eigenvalue weighted by molar-refractivity contribution is 7.89. The highest BCUT2D eigenvalue weighted by atomic mass is 32.2. The normalized spacial score (nSPS) is 11.3. The fraction of sp³-hybridized carbons (Fsp3) is 0.200. The van der Waals surface area contributed by atoms with Gasteiger partial charge in [0.15, 0.2) is 0 Å². The lowest BCUT2D eigenvalue weighted by Gasteiger charge is -2.09. The zero-order valence-electron chi connectivity index (χ0n) is 11.3. The minimum absolute atomic E-state index is 0.0383. The Morgan fingerprint density at radius 1 is 1.00 bits per heavy atom. The van der Waals surface area contributed by atoms with Crippen molar-refractivity contribution >= 4 is 10.0 Å². The Morgan fingerprint density at radius 2 is 1.67 bits per heavy atom. The van der Waals surface area contributed by atoms with Crippen LogP contribution in [0.2, 0.25) is 0 Å². The second kappa shape index (κ2) is 7.19. The summed E-state index contributed by atoms with van der Waals surface area (Å²) >= 11 is 0. The van der Waals surface area contributed by atoms with Gasteiger partial charge in [0.25, 0.3) is 0 Å². The third-order valence-electron chi connectivity index (χ3n) is 2.80. The van der Waals surface area contributed by atoms with Crippen LogP contribution in [0.25, 0.3) is 0 Å². The summed E-state index contributed by atoms with van der Waals surface area (Å²) in [5.74, 6) is -0.00127. The van der Waals surface area contributed by atoms with Crippen molar-refractivity contribution in [2.24, 2.45) is 0 Å². The van der Waals surface area contributed by atoms with Crippen LogP contribution in [0.15, 0.2) is 54.6 Å². The van der Waals surface area contributed by atoms with E-state index in [0.717, 1.165) is 0 Å². The Labute approximate surface area is 123 Å². The molecule has 0 spiro atoms. The predicted octanol–water partition coefficient (Wildman–Crippen LogP) is 2.32. The third-order valence-corrected chi connectivity index (χ3v) is 4.09. The van der Waals surface area contributed by atoms with Crippen LogP contribution < -0.4 is 9.46 Å². The SMILES string of the molecule is O=S(=O)(CCOc1ccccc1)NCc1ccccc1F. The van der Waals surface area contributed by atoms with E-state index in [1.165, 1.54) is 6.07 Å². The molecule has 0 aliphatic heterocycles. The van der Waals surface area contributed by atoms with E-state index < -0.39 is 15.8 Å². The first-order valence-electron chi connectivity index (χ1n) is 6.45. The van der Waals surface area contributed by atoms with Gasteiger partial charge in [0.1, 0.15) is 18.2 Å². The van der Waals surface area contributed by atoms with E-state index in [0.29, 0.717) is 11.3 Å². The molecule has 6 heteroatoms. The van der Waals surface area contributed by atoms with Crippen molar-refractivity contribution in [3.05, 3.63) is 66.0 Å². The van der Waals surface area contributed by atoms with E-state index in [1.807, 2.05) is 6.07 Å². The molecule has 0 heterocycles. The van der Waals surface area contributed by atoms with Crippen molar-refractivity contribution in [2.45, 2.75) is 6.54 Å². The van der Waals surface area contributed by atoms with Crippen LogP contribution in [0.1, 0.15) is 5.56 Å². The maximum atomic E-state index is 13.4. The lowest BCUT2D eigenvalue weighted by atomic mass is 10.2. The van der Waals surface area contributed by atoms with Crippen LogP contribution in [0.4, 0.5) is 4.39 Å². The van der Waals surface area contributed by atoms with Gasteiger partial charge < -0.3 is 4.74 Å². The quantitative estimate of drug-likeness (QED) is 0.854. The molecule has 0 aromatic heterocycles. The van der Waals surface area contributed by atoms with Crippen molar-refractivity contribution in [2.75, 3.05) is 12.4 Å². The topological polar surface area (TPSA) is 55.4 Å². The zero-order chi connectivity index (χ0) is 15.1. The molecule has 2 rings (SSSR count). The highest BCUT2D eigenvalue weighted by Gasteiger charge is 2.11. The number of hydrogen-bond donors (Lipinski definition) is 1. The number of para-hydroxylation sites is 1. The standard InChI is InChI=1S/C15H16FNO3S/c16-15-9-5-4-6-13(15)12-17-21(18,19)11-10-20-14-7-2-1-3-8-14/h1-9,17H,10-12H2. The smallest absolute Gasteiger partial charge is 0.215 e. The Hall–Kier alpha value is -1.92. The first kappa shape index (κ1) is 15.5. The molecular weight excluding hydrogens is 293 g/mol. The monoisotopic (exact) mass is 309 g/mol. The van der Waals surface area contributed by atoms with Gasteiger partial charge >= 0.3 is 0 Å². The minimum atomic E-state index is -3.51. The van der Waals surface area contributed by atoms with Gasteiger partial charge in [-0.25, -0.2) is 17.5 Å². The lowest BCUT2D eigenvalue weighted by Crippen LogP contribution is -2.29. The van der Waals surface area contributed by atoms with Crippen LogP contribution in [-0.4, -0.2) is 20.8 Å². The number of sulfonamides is 1. The van der Waals surface area contributed by atoms with Crippen LogP contribution >= 0.6 is 0 Å².